The summed E-state index contributed by atoms with van der Waals surface area (Å²) in [7, 11) is 0. The summed E-state index contributed by atoms with van der Waals surface area (Å²) in [6.07, 6.45) is 0. The van der Waals surface area contributed by atoms with E-state index in [-0.39, 0.29) is 5.75 Å². The molecule has 0 heterocycles. The van der Waals surface area contributed by atoms with E-state index in [0.717, 1.165) is 4.47 Å². The zero-order valence-corrected chi connectivity index (χ0v) is 11.2. The number of phenolic OH excluding ortho intramolecular Hbond substituents is 2. The van der Waals surface area contributed by atoms with Crippen LogP contribution in [-0.4, -0.2) is 17.0 Å². The van der Waals surface area contributed by atoms with Crippen molar-refractivity contribution in [2.24, 2.45) is 0 Å². The third-order valence-corrected chi connectivity index (χ3v) is 2.17. The molecule has 2 rings (SSSR count). The number of benzene rings is 2. The van der Waals surface area contributed by atoms with Crippen molar-refractivity contribution in [3.05, 3.63) is 53.0 Å². The van der Waals surface area contributed by atoms with Gasteiger partial charge in [-0.2, -0.15) is 0 Å². The van der Waals surface area contributed by atoms with Gasteiger partial charge in [0, 0.05) is 16.2 Å². The van der Waals surface area contributed by atoms with Gasteiger partial charge < -0.3 is 20.7 Å². The summed E-state index contributed by atoms with van der Waals surface area (Å²) >= 11 is 3.20. The highest BCUT2D eigenvalue weighted by atomic mass is 79.9. The summed E-state index contributed by atoms with van der Waals surface area (Å²) < 4.78 is 0.900. The minimum atomic E-state index is 0.213. The quantitative estimate of drug-likeness (QED) is 0.653. The molecule has 0 atom stereocenters. The number of hydrogen-bond donors (Lipinski definition) is 3. The van der Waals surface area contributed by atoms with Crippen molar-refractivity contribution in [3.8, 4) is 11.5 Å². The van der Waals surface area contributed by atoms with Crippen LogP contribution in [0.2, 0.25) is 0 Å². The van der Waals surface area contributed by atoms with E-state index in [1.165, 1.54) is 6.07 Å². The van der Waals surface area contributed by atoms with E-state index in [2.05, 4.69) is 15.9 Å². The number of aromatic hydroxyl groups is 2. The highest BCUT2D eigenvalue weighted by Crippen LogP contribution is 2.15. The van der Waals surface area contributed by atoms with E-state index < -0.39 is 0 Å². The monoisotopic (exact) mass is 311 g/mol. The molecule has 4 N–H and O–H groups in total. The molecule has 0 unspecified atom stereocenters. The van der Waals surface area contributed by atoms with Crippen LogP contribution >= 0.6 is 15.9 Å². The molecule has 0 fully saturated rings. The van der Waals surface area contributed by atoms with Crippen LogP contribution in [0.1, 0.15) is 0 Å². The molecule has 2 aromatic rings. The summed E-state index contributed by atoms with van der Waals surface area (Å²) in [4.78, 5) is 8.00. The molecular formula is C13H14BrNO3. The highest BCUT2D eigenvalue weighted by Gasteiger charge is 1.85. The van der Waals surface area contributed by atoms with Gasteiger partial charge in [0.15, 0.2) is 0 Å². The Hall–Kier alpha value is -2.01. The zero-order chi connectivity index (χ0) is 14.0. The van der Waals surface area contributed by atoms with Gasteiger partial charge in [-0.3, -0.25) is 0 Å². The van der Waals surface area contributed by atoms with E-state index in [4.69, 9.17) is 20.7 Å². The van der Waals surface area contributed by atoms with Crippen LogP contribution in [0.3, 0.4) is 0 Å². The Bertz CT molecular complexity index is 399. The van der Waals surface area contributed by atoms with Crippen LogP contribution in [-0.2, 0) is 4.79 Å². The lowest BCUT2D eigenvalue weighted by Gasteiger charge is -1.90. The molecule has 0 aliphatic heterocycles. The molecule has 96 valence electrons. The van der Waals surface area contributed by atoms with Crippen molar-refractivity contribution >= 4 is 28.4 Å². The molecule has 5 heteroatoms. The van der Waals surface area contributed by atoms with Gasteiger partial charge >= 0.3 is 0 Å². The van der Waals surface area contributed by atoms with Gasteiger partial charge in [0.05, 0.1) is 0 Å². The van der Waals surface area contributed by atoms with Gasteiger partial charge in [-0.25, -0.2) is 0 Å². The summed E-state index contributed by atoms with van der Waals surface area (Å²) in [6, 6.07) is 13.4. The van der Waals surface area contributed by atoms with Crippen molar-refractivity contribution in [2.75, 3.05) is 5.73 Å². The van der Waals surface area contributed by atoms with E-state index in [0.29, 0.717) is 11.4 Å². The van der Waals surface area contributed by atoms with Crippen LogP contribution in [0.25, 0.3) is 0 Å². The number of carbonyl (C=O) groups is 1. The van der Waals surface area contributed by atoms with Gasteiger partial charge in [-0.1, -0.05) is 28.1 Å². The Morgan fingerprint density at radius 2 is 1.44 bits per heavy atom. The second-order valence-electron chi connectivity index (χ2n) is 3.07. The first-order chi connectivity index (χ1) is 8.58. The fraction of sp³-hybridized carbons (Fsp3) is 0. The molecule has 0 aliphatic carbocycles. The van der Waals surface area contributed by atoms with Crippen LogP contribution in [0.15, 0.2) is 53.0 Å². The zero-order valence-electron chi connectivity index (χ0n) is 9.58. The molecule has 0 saturated carbocycles. The fourth-order valence-corrected chi connectivity index (χ4v) is 1.39. The first-order valence-corrected chi connectivity index (χ1v) is 5.65. The van der Waals surface area contributed by atoms with Gasteiger partial charge in [-0.05, 0) is 30.3 Å². The molecule has 4 nitrogen and oxygen atoms in total. The molecule has 2 aromatic carbocycles. The molecule has 0 radical (unpaired) electrons. The number of hydrogen-bond acceptors (Lipinski definition) is 4. The second-order valence-corrected chi connectivity index (χ2v) is 3.99. The maximum Gasteiger partial charge on any atom is 0.117 e. The first kappa shape index (κ1) is 16.0. The number of carbonyl (C=O) groups excluding carboxylic acids is 1. The Balaban J connectivity index is 0.000000283. The van der Waals surface area contributed by atoms with Crippen LogP contribution in [0.5, 0.6) is 11.5 Å². The first-order valence-electron chi connectivity index (χ1n) is 4.86. The lowest BCUT2D eigenvalue weighted by Crippen LogP contribution is -1.80. The molecule has 0 saturated heterocycles. The van der Waals surface area contributed by atoms with Gasteiger partial charge in [0.2, 0.25) is 0 Å². The summed E-state index contributed by atoms with van der Waals surface area (Å²) in [5.74, 6) is 0.504. The predicted molar refractivity (Wildman–Crippen MR) is 75.4 cm³/mol. The van der Waals surface area contributed by atoms with Crippen molar-refractivity contribution in [1.29, 1.82) is 0 Å². The average Bonchev–Trinajstić information content (AvgIpc) is 2.31. The molecule has 0 amide bonds. The van der Waals surface area contributed by atoms with Gasteiger partial charge in [0.25, 0.3) is 0 Å². The molecule has 18 heavy (non-hydrogen) atoms. The molecule has 0 spiro atoms. The fourth-order valence-electron chi connectivity index (χ4n) is 1.00. The number of rotatable bonds is 0. The van der Waals surface area contributed by atoms with Crippen molar-refractivity contribution in [3.63, 3.8) is 0 Å². The van der Waals surface area contributed by atoms with Crippen molar-refractivity contribution < 1.29 is 15.0 Å². The van der Waals surface area contributed by atoms with E-state index in [1.54, 1.807) is 36.4 Å². The second kappa shape index (κ2) is 9.07. The Morgan fingerprint density at radius 1 is 0.944 bits per heavy atom. The standard InChI is InChI=1S/C6H5BrO.C6H7NO.CH2O/c2*7-5-2-1-3-6(8)4-5;1-2/h1-4,8H;1-4,8H,7H2;1H2. The molecule has 0 aromatic heterocycles. The van der Waals surface area contributed by atoms with E-state index in [1.807, 2.05) is 12.9 Å². The van der Waals surface area contributed by atoms with E-state index >= 15 is 0 Å². The highest BCUT2D eigenvalue weighted by molar-refractivity contribution is 9.10. The number of nitrogen functional groups attached to an aromatic ring is 1. The Kier molecular flexibility index (Phi) is 8.05. The smallest absolute Gasteiger partial charge is 0.117 e. The van der Waals surface area contributed by atoms with Gasteiger partial charge in [0.1, 0.15) is 18.3 Å². The number of halogens is 1. The summed E-state index contributed by atoms with van der Waals surface area (Å²) in [5.41, 5.74) is 5.89. The number of phenols is 2. The largest absolute Gasteiger partial charge is 0.508 e. The molecule has 0 bridgehead atoms. The third kappa shape index (κ3) is 7.29. The minimum absolute atomic E-state index is 0.213. The number of anilines is 1. The van der Waals surface area contributed by atoms with E-state index in [9.17, 15) is 0 Å². The lowest BCUT2D eigenvalue weighted by molar-refractivity contribution is -0.0979. The van der Waals surface area contributed by atoms with Crippen LogP contribution < -0.4 is 5.73 Å². The average molecular weight is 312 g/mol. The Labute approximate surface area is 114 Å². The molecular weight excluding hydrogens is 298 g/mol. The van der Waals surface area contributed by atoms with Crippen molar-refractivity contribution in [2.45, 2.75) is 0 Å². The van der Waals surface area contributed by atoms with Crippen LogP contribution in [0, 0.1) is 0 Å². The normalized spacial score (nSPS) is 8.28. The number of nitrogens with two attached hydrogens (primary N) is 1. The van der Waals surface area contributed by atoms with Crippen LogP contribution in [0.4, 0.5) is 5.69 Å². The third-order valence-electron chi connectivity index (χ3n) is 1.68. The molecule has 0 aliphatic rings. The Morgan fingerprint density at radius 3 is 1.72 bits per heavy atom. The predicted octanol–water partition coefficient (Wildman–Crippen LogP) is 2.94. The topological polar surface area (TPSA) is 83.6 Å². The maximum absolute atomic E-state index is 8.78. The summed E-state index contributed by atoms with van der Waals surface area (Å²) in [6.45, 7) is 2.00. The minimum Gasteiger partial charge on any atom is -0.508 e. The van der Waals surface area contributed by atoms with Crippen molar-refractivity contribution in [1.82, 2.24) is 0 Å². The lowest BCUT2D eigenvalue weighted by atomic mass is 10.3. The SMILES string of the molecule is C=O.Nc1cccc(O)c1.Oc1cccc(Br)c1. The maximum atomic E-state index is 8.78. The van der Waals surface area contributed by atoms with Gasteiger partial charge in [-0.15, -0.1) is 0 Å². The summed E-state index contributed by atoms with van der Waals surface area (Å²) in [5, 5.41) is 17.5.